The molecule has 0 aliphatic carbocycles. The first kappa shape index (κ1) is 17.4. The summed E-state index contributed by atoms with van der Waals surface area (Å²) in [6.45, 7) is 8.65. The van der Waals surface area contributed by atoms with E-state index < -0.39 is 0 Å². The minimum Gasteiger partial charge on any atom is -0.378 e. The molecule has 0 saturated heterocycles. The second-order valence-corrected chi connectivity index (χ2v) is 7.14. The Morgan fingerprint density at radius 2 is 1.61 bits per heavy atom. The fraction of sp³-hybridized carbons (Fsp3) is 0.471. The number of aromatic nitrogens is 2. The molecular weight excluding hydrogens is 306 g/mol. The van der Waals surface area contributed by atoms with Crippen molar-refractivity contribution in [1.82, 2.24) is 10.2 Å². The summed E-state index contributed by atoms with van der Waals surface area (Å²) < 4.78 is 0. The average molecular weight is 331 g/mol. The van der Waals surface area contributed by atoms with Crippen LogP contribution in [0.25, 0.3) is 0 Å². The maximum absolute atomic E-state index is 4.45. The fourth-order valence-corrected chi connectivity index (χ4v) is 3.35. The Morgan fingerprint density at radius 3 is 2.13 bits per heavy atom. The number of benzene rings is 1. The van der Waals surface area contributed by atoms with E-state index in [1.54, 1.807) is 0 Å². The van der Waals surface area contributed by atoms with Gasteiger partial charge in [0, 0.05) is 38.1 Å². The molecule has 1 aromatic heterocycles. The van der Waals surface area contributed by atoms with Crippen molar-refractivity contribution in [3.05, 3.63) is 29.8 Å². The zero-order valence-electron chi connectivity index (χ0n) is 14.7. The predicted octanol–water partition coefficient (Wildman–Crippen LogP) is 3.98. The van der Waals surface area contributed by atoms with E-state index in [-0.39, 0.29) is 0 Å². The first-order chi connectivity index (χ1) is 10.9. The summed E-state index contributed by atoms with van der Waals surface area (Å²) >= 11 is 1.52. The third-order valence-corrected chi connectivity index (χ3v) is 4.32. The van der Waals surface area contributed by atoms with Gasteiger partial charge in [0.15, 0.2) is 0 Å². The average Bonchev–Trinajstić information content (AvgIpc) is 2.93. The standard InChI is InChI=1S/C17H25N5S/c1-12(2)22(13(3)4)17-20-19-16(23-17)18-11-14-7-9-15(10-8-14)21(5)6/h7-13H,1-6H3/b18-11+. The Labute approximate surface area is 142 Å². The molecular formula is C17H25N5S. The van der Waals surface area contributed by atoms with Crippen LogP contribution in [0.5, 0.6) is 0 Å². The zero-order valence-corrected chi connectivity index (χ0v) is 15.5. The third kappa shape index (κ3) is 4.51. The molecule has 0 amide bonds. The van der Waals surface area contributed by atoms with Crippen molar-refractivity contribution < 1.29 is 0 Å². The van der Waals surface area contributed by atoms with Crippen LogP contribution in [0, 0.1) is 0 Å². The molecule has 0 aliphatic rings. The highest BCUT2D eigenvalue weighted by Gasteiger charge is 2.18. The van der Waals surface area contributed by atoms with Gasteiger partial charge < -0.3 is 9.80 Å². The summed E-state index contributed by atoms with van der Waals surface area (Å²) in [5.41, 5.74) is 2.22. The molecule has 2 rings (SSSR count). The van der Waals surface area contributed by atoms with Crippen LogP contribution in [0.2, 0.25) is 0 Å². The molecule has 6 heteroatoms. The van der Waals surface area contributed by atoms with Crippen molar-refractivity contribution in [1.29, 1.82) is 0 Å². The van der Waals surface area contributed by atoms with E-state index >= 15 is 0 Å². The fourth-order valence-electron chi connectivity index (χ4n) is 2.39. The van der Waals surface area contributed by atoms with Crippen LogP contribution in [0.3, 0.4) is 0 Å². The van der Waals surface area contributed by atoms with Crippen LogP contribution in [0.1, 0.15) is 33.3 Å². The van der Waals surface area contributed by atoms with Gasteiger partial charge in [0.05, 0.1) is 0 Å². The molecule has 0 fully saturated rings. The molecule has 0 saturated carbocycles. The SMILES string of the molecule is CC(C)N(c1nnc(/N=C/c2ccc(N(C)C)cc2)s1)C(C)C. The highest BCUT2D eigenvalue weighted by molar-refractivity contribution is 7.18. The highest BCUT2D eigenvalue weighted by atomic mass is 32.1. The molecule has 2 aromatic rings. The lowest BCUT2D eigenvalue weighted by Gasteiger charge is -2.29. The monoisotopic (exact) mass is 331 g/mol. The number of nitrogens with zero attached hydrogens (tertiary/aromatic N) is 5. The lowest BCUT2D eigenvalue weighted by atomic mass is 10.2. The van der Waals surface area contributed by atoms with Gasteiger partial charge >= 0.3 is 0 Å². The first-order valence-corrected chi connectivity index (χ1v) is 8.63. The summed E-state index contributed by atoms with van der Waals surface area (Å²) in [7, 11) is 4.06. The molecule has 23 heavy (non-hydrogen) atoms. The van der Waals surface area contributed by atoms with Gasteiger partial charge in [-0.2, -0.15) is 0 Å². The Morgan fingerprint density at radius 1 is 1.00 bits per heavy atom. The predicted molar refractivity (Wildman–Crippen MR) is 101 cm³/mol. The summed E-state index contributed by atoms with van der Waals surface area (Å²) in [5, 5.41) is 10.1. The molecule has 0 spiro atoms. The second kappa shape index (κ2) is 7.55. The molecule has 5 nitrogen and oxygen atoms in total. The van der Waals surface area contributed by atoms with E-state index in [0.717, 1.165) is 10.7 Å². The van der Waals surface area contributed by atoms with Gasteiger partial charge in [-0.1, -0.05) is 23.5 Å². The van der Waals surface area contributed by atoms with Crippen molar-refractivity contribution in [2.75, 3.05) is 23.9 Å². The van der Waals surface area contributed by atoms with Crippen LogP contribution in [-0.4, -0.2) is 42.6 Å². The van der Waals surface area contributed by atoms with Crippen molar-refractivity contribution in [3.63, 3.8) is 0 Å². The quantitative estimate of drug-likeness (QED) is 0.751. The zero-order chi connectivity index (χ0) is 17.0. The van der Waals surface area contributed by atoms with Crippen molar-refractivity contribution in [2.45, 2.75) is 39.8 Å². The van der Waals surface area contributed by atoms with Crippen LogP contribution >= 0.6 is 11.3 Å². The molecule has 0 unspecified atom stereocenters. The van der Waals surface area contributed by atoms with E-state index in [4.69, 9.17) is 0 Å². The number of hydrogen-bond donors (Lipinski definition) is 0. The molecule has 1 aromatic carbocycles. The van der Waals surface area contributed by atoms with Gasteiger partial charge in [-0.05, 0) is 45.4 Å². The molecule has 0 bridgehead atoms. The smallest absolute Gasteiger partial charge is 0.233 e. The van der Waals surface area contributed by atoms with E-state index in [1.807, 2.05) is 20.3 Å². The second-order valence-electron chi connectivity index (χ2n) is 6.21. The summed E-state index contributed by atoms with van der Waals surface area (Å²) in [6, 6.07) is 9.03. The Bertz CT molecular complexity index is 635. The van der Waals surface area contributed by atoms with E-state index in [2.05, 4.69) is 77.0 Å². The summed E-state index contributed by atoms with van der Waals surface area (Å²) in [6.07, 6.45) is 1.83. The molecule has 124 valence electrons. The molecule has 0 N–H and O–H groups in total. The molecule has 0 aliphatic heterocycles. The van der Waals surface area contributed by atoms with Gasteiger partial charge in [-0.25, -0.2) is 4.99 Å². The number of anilines is 2. The van der Waals surface area contributed by atoms with Gasteiger partial charge in [0.1, 0.15) is 0 Å². The maximum Gasteiger partial charge on any atom is 0.233 e. The molecule has 0 radical (unpaired) electrons. The van der Waals surface area contributed by atoms with Crippen LogP contribution in [-0.2, 0) is 0 Å². The maximum atomic E-state index is 4.45. The van der Waals surface area contributed by atoms with Crippen molar-refractivity contribution >= 4 is 33.5 Å². The highest BCUT2D eigenvalue weighted by Crippen LogP contribution is 2.29. The largest absolute Gasteiger partial charge is 0.378 e. The Kier molecular flexibility index (Phi) is 5.71. The molecule has 0 atom stereocenters. The first-order valence-electron chi connectivity index (χ1n) is 7.81. The van der Waals surface area contributed by atoms with Gasteiger partial charge in [0.2, 0.25) is 10.3 Å². The minimum absolute atomic E-state index is 0.387. The van der Waals surface area contributed by atoms with Crippen molar-refractivity contribution in [2.24, 2.45) is 4.99 Å². The minimum atomic E-state index is 0.387. The summed E-state index contributed by atoms with van der Waals surface area (Å²) in [4.78, 5) is 8.78. The van der Waals surface area contributed by atoms with E-state index in [0.29, 0.717) is 17.2 Å². The summed E-state index contributed by atoms with van der Waals surface area (Å²) in [5.74, 6) is 0. The van der Waals surface area contributed by atoms with Crippen molar-refractivity contribution in [3.8, 4) is 0 Å². The van der Waals surface area contributed by atoms with Crippen LogP contribution in [0.4, 0.5) is 16.0 Å². The number of aliphatic imine (C=N–C) groups is 1. The van der Waals surface area contributed by atoms with E-state index in [9.17, 15) is 0 Å². The topological polar surface area (TPSA) is 44.6 Å². The van der Waals surface area contributed by atoms with Crippen LogP contribution < -0.4 is 9.80 Å². The van der Waals surface area contributed by atoms with Gasteiger partial charge in [-0.15, -0.1) is 10.2 Å². The lowest BCUT2D eigenvalue weighted by Crippen LogP contribution is -2.36. The van der Waals surface area contributed by atoms with Gasteiger partial charge in [-0.3, -0.25) is 0 Å². The Balaban J connectivity index is 2.11. The third-order valence-electron chi connectivity index (χ3n) is 3.47. The van der Waals surface area contributed by atoms with Gasteiger partial charge in [0.25, 0.3) is 0 Å². The van der Waals surface area contributed by atoms with Crippen LogP contribution in [0.15, 0.2) is 29.3 Å². The normalized spacial score (nSPS) is 11.7. The number of rotatable bonds is 6. The lowest BCUT2D eigenvalue weighted by molar-refractivity contribution is 0.603. The number of hydrogen-bond acceptors (Lipinski definition) is 6. The van der Waals surface area contributed by atoms with E-state index in [1.165, 1.54) is 17.0 Å². The molecule has 1 heterocycles. The Hall–Kier alpha value is -1.95.